The molecule has 3 unspecified atom stereocenters. The zero-order chi connectivity index (χ0) is 25.6. The lowest BCUT2D eigenvalue weighted by Gasteiger charge is -2.41. The third-order valence-corrected chi connectivity index (χ3v) is 8.05. The monoisotopic (exact) mass is 502 g/mol. The van der Waals surface area contributed by atoms with Gasteiger partial charge < -0.3 is 33.7 Å². The summed E-state index contributed by atoms with van der Waals surface area (Å²) < 4.78 is 37.0. The number of fused-ring (bicyclic) bond motifs is 5. The number of ether oxygens (including phenoxy) is 6. The smallest absolute Gasteiger partial charge is 0.312 e. The van der Waals surface area contributed by atoms with Crippen LogP contribution in [0, 0.1) is 11.8 Å². The van der Waals surface area contributed by atoms with Crippen LogP contribution in [0.2, 0.25) is 0 Å². The highest BCUT2D eigenvalue weighted by molar-refractivity contribution is 6.08. The van der Waals surface area contributed by atoms with Crippen LogP contribution in [-0.4, -0.2) is 79.3 Å². The van der Waals surface area contributed by atoms with Crippen LogP contribution in [0.25, 0.3) is 0 Å². The second-order valence-electron chi connectivity index (χ2n) is 11.2. The molecule has 5 aliphatic rings. The Kier molecular flexibility index (Phi) is 5.36. The SMILES string of the molecule is CCOC(=O)[C@@H]1[C@@H](C2O[C@@H]3OC(C)(C)OC3C3OC(C)(C)O[C@H]32)CN(C)[C@@]12C(=O)Nc1ccccc12. The maximum absolute atomic E-state index is 13.7. The van der Waals surface area contributed by atoms with Crippen LogP contribution < -0.4 is 5.32 Å². The molecule has 1 N–H and O–H groups in total. The number of nitrogens with zero attached hydrogens (tertiary/aromatic N) is 1. The Balaban J connectivity index is 1.45. The van der Waals surface area contributed by atoms with Gasteiger partial charge in [0.25, 0.3) is 5.91 Å². The lowest BCUT2D eigenvalue weighted by molar-refractivity contribution is -0.247. The van der Waals surface area contributed by atoms with Crippen LogP contribution in [0.15, 0.2) is 24.3 Å². The molecule has 36 heavy (non-hydrogen) atoms. The van der Waals surface area contributed by atoms with Crippen molar-refractivity contribution in [3.63, 3.8) is 0 Å². The molecule has 1 amide bonds. The largest absolute Gasteiger partial charge is 0.466 e. The van der Waals surface area contributed by atoms with E-state index in [9.17, 15) is 9.59 Å². The van der Waals surface area contributed by atoms with Gasteiger partial charge in [-0.3, -0.25) is 14.5 Å². The fourth-order valence-corrected chi connectivity index (χ4v) is 6.92. The lowest BCUT2D eigenvalue weighted by Crippen LogP contribution is -2.59. The van der Waals surface area contributed by atoms with E-state index in [0.29, 0.717) is 12.2 Å². The molecule has 1 aromatic rings. The summed E-state index contributed by atoms with van der Waals surface area (Å²) in [6.07, 6.45) is -2.76. The Hall–Kier alpha value is -2.08. The number of anilines is 1. The second kappa shape index (κ2) is 7.96. The van der Waals surface area contributed by atoms with E-state index in [2.05, 4.69) is 5.32 Å². The zero-order valence-electron chi connectivity index (χ0n) is 21.5. The summed E-state index contributed by atoms with van der Waals surface area (Å²) in [6, 6.07) is 7.49. The number of esters is 1. The van der Waals surface area contributed by atoms with E-state index in [4.69, 9.17) is 28.4 Å². The summed E-state index contributed by atoms with van der Waals surface area (Å²) in [4.78, 5) is 29.4. The minimum absolute atomic E-state index is 0.200. The number of likely N-dealkylation sites (tertiary alicyclic amines) is 1. The van der Waals surface area contributed by atoms with Gasteiger partial charge in [0.05, 0.1) is 18.6 Å². The summed E-state index contributed by atoms with van der Waals surface area (Å²) in [5.74, 6) is -3.70. The first kappa shape index (κ1) is 24.3. The second-order valence-corrected chi connectivity index (χ2v) is 11.2. The van der Waals surface area contributed by atoms with Gasteiger partial charge in [0.15, 0.2) is 17.9 Å². The van der Waals surface area contributed by atoms with Crippen molar-refractivity contribution in [1.29, 1.82) is 0 Å². The van der Waals surface area contributed by atoms with Crippen LogP contribution in [-0.2, 0) is 43.5 Å². The number of carbonyl (C=O) groups excluding carboxylic acids is 2. The third-order valence-electron chi connectivity index (χ3n) is 8.05. The minimum atomic E-state index is -1.23. The molecule has 8 atom stereocenters. The van der Waals surface area contributed by atoms with Gasteiger partial charge in [-0.05, 0) is 47.7 Å². The van der Waals surface area contributed by atoms with Crippen molar-refractivity contribution in [3.05, 3.63) is 29.8 Å². The van der Waals surface area contributed by atoms with E-state index >= 15 is 0 Å². The van der Waals surface area contributed by atoms with Crippen LogP contribution in [0.3, 0.4) is 0 Å². The summed E-state index contributed by atoms with van der Waals surface area (Å²) in [6.45, 7) is 9.74. The van der Waals surface area contributed by atoms with E-state index in [0.717, 1.165) is 5.56 Å². The highest BCUT2D eigenvalue weighted by atomic mass is 16.9. The van der Waals surface area contributed by atoms with Crippen molar-refractivity contribution in [2.45, 2.75) is 82.4 Å². The van der Waals surface area contributed by atoms with E-state index < -0.39 is 65.6 Å². The zero-order valence-corrected chi connectivity index (χ0v) is 21.5. The van der Waals surface area contributed by atoms with Crippen LogP contribution in [0.1, 0.15) is 40.2 Å². The number of hydrogen-bond acceptors (Lipinski definition) is 9. The molecule has 0 saturated carbocycles. The molecule has 5 heterocycles. The number of amides is 1. The van der Waals surface area contributed by atoms with Crippen LogP contribution in [0.4, 0.5) is 5.69 Å². The van der Waals surface area contributed by atoms with Crippen molar-refractivity contribution < 1.29 is 38.0 Å². The fourth-order valence-electron chi connectivity index (χ4n) is 6.92. The maximum atomic E-state index is 13.7. The third kappa shape index (κ3) is 3.32. The average Bonchev–Trinajstić information content (AvgIpc) is 3.47. The molecule has 0 aromatic heterocycles. The quantitative estimate of drug-likeness (QED) is 0.621. The van der Waals surface area contributed by atoms with Gasteiger partial charge in [0, 0.05) is 23.7 Å². The van der Waals surface area contributed by atoms with Gasteiger partial charge in [0.1, 0.15) is 23.9 Å². The minimum Gasteiger partial charge on any atom is -0.466 e. The number of nitrogens with one attached hydrogen (secondary N) is 1. The van der Waals surface area contributed by atoms with E-state index in [1.54, 1.807) is 6.92 Å². The van der Waals surface area contributed by atoms with Crippen molar-refractivity contribution in [1.82, 2.24) is 4.90 Å². The molecular formula is C26H34N2O8. The van der Waals surface area contributed by atoms with E-state index in [-0.39, 0.29) is 12.5 Å². The molecule has 196 valence electrons. The molecular weight excluding hydrogens is 468 g/mol. The van der Waals surface area contributed by atoms with Gasteiger partial charge in [-0.2, -0.15) is 0 Å². The van der Waals surface area contributed by atoms with Crippen molar-refractivity contribution in [3.8, 4) is 0 Å². The Morgan fingerprint density at radius 3 is 2.39 bits per heavy atom. The first-order chi connectivity index (χ1) is 17.0. The lowest BCUT2D eigenvalue weighted by atomic mass is 9.72. The Morgan fingerprint density at radius 1 is 1.03 bits per heavy atom. The highest BCUT2D eigenvalue weighted by Crippen LogP contribution is 2.56. The van der Waals surface area contributed by atoms with E-state index in [1.807, 2.05) is 63.9 Å². The molecule has 6 rings (SSSR count). The van der Waals surface area contributed by atoms with Crippen molar-refractivity contribution in [2.75, 3.05) is 25.5 Å². The van der Waals surface area contributed by atoms with Gasteiger partial charge >= 0.3 is 5.97 Å². The molecule has 0 bridgehead atoms. The van der Waals surface area contributed by atoms with Gasteiger partial charge in [-0.15, -0.1) is 0 Å². The first-order valence-electron chi connectivity index (χ1n) is 12.6. The fraction of sp³-hybridized carbons (Fsp3) is 0.692. The number of likely N-dealkylation sites (N-methyl/N-ethyl adjacent to an activating group) is 1. The van der Waals surface area contributed by atoms with Gasteiger partial charge in [-0.1, -0.05) is 18.2 Å². The molecule has 0 aliphatic carbocycles. The average molecular weight is 503 g/mol. The molecule has 4 saturated heterocycles. The highest BCUT2D eigenvalue weighted by Gasteiger charge is 2.70. The number of para-hydroxylation sites is 1. The molecule has 5 aliphatic heterocycles. The van der Waals surface area contributed by atoms with Gasteiger partial charge in [-0.25, -0.2) is 0 Å². The first-order valence-corrected chi connectivity index (χ1v) is 12.6. The Morgan fingerprint density at radius 2 is 1.67 bits per heavy atom. The molecule has 4 fully saturated rings. The number of hydrogen-bond donors (Lipinski definition) is 1. The van der Waals surface area contributed by atoms with Crippen molar-refractivity contribution in [2.24, 2.45) is 11.8 Å². The maximum Gasteiger partial charge on any atom is 0.312 e. The summed E-state index contributed by atoms with van der Waals surface area (Å²) in [5, 5.41) is 2.99. The Bertz CT molecular complexity index is 1090. The number of benzene rings is 1. The molecule has 1 aromatic carbocycles. The summed E-state index contributed by atoms with van der Waals surface area (Å²) in [7, 11) is 1.87. The van der Waals surface area contributed by atoms with Crippen molar-refractivity contribution >= 4 is 17.6 Å². The molecule has 10 heteroatoms. The molecule has 1 spiro atoms. The summed E-state index contributed by atoms with van der Waals surface area (Å²) in [5.41, 5.74) is 0.223. The normalized spacial score (nSPS) is 42.2. The van der Waals surface area contributed by atoms with Crippen LogP contribution in [0.5, 0.6) is 0 Å². The number of rotatable bonds is 3. The van der Waals surface area contributed by atoms with Crippen LogP contribution >= 0.6 is 0 Å². The molecule has 0 radical (unpaired) electrons. The van der Waals surface area contributed by atoms with E-state index in [1.165, 1.54) is 0 Å². The topological polar surface area (TPSA) is 105 Å². The molecule has 10 nitrogen and oxygen atoms in total. The predicted octanol–water partition coefficient (Wildman–Crippen LogP) is 1.97. The predicted molar refractivity (Wildman–Crippen MR) is 126 cm³/mol. The summed E-state index contributed by atoms with van der Waals surface area (Å²) >= 11 is 0. The standard InChI is InChI=1S/C26H34N2O8/c1-7-31-21(29)16-13(12-28(6)26(16)14-10-8-9-11-15(14)27-23(26)30)17-18-19(34-24(2,3)33-18)20-22(32-17)36-25(4,5)35-20/h8-11,13,16-20,22H,7,12H2,1-6H3,(H,27,30)/t13-,16-,17?,18-,19?,20?,22+,26+/m0/s1. The van der Waals surface area contributed by atoms with Gasteiger partial charge in [0.2, 0.25) is 0 Å². The number of carbonyl (C=O) groups is 2. The Labute approximate surface area is 210 Å².